The fourth-order valence-electron chi connectivity index (χ4n) is 1.80. The summed E-state index contributed by atoms with van der Waals surface area (Å²) in [7, 11) is 0. The van der Waals surface area contributed by atoms with Crippen LogP contribution >= 0.6 is 11.6 Å². The predicted molar refractivity (Wildman–Crippen MR) is 83.2 cm³/mol. The van der Waals surface area contributed by atoms with Crippen molar-refractivity contribution in [2.24, 2.45) is 0 Å². The molecule has 2 amide bonds. The van der Waals surface area contributed by atoms with E-state index in [9.17, 15) is 14.0 Å². The van der Waals surface area contributed by atoms with Crippen molar-refractivity contribution in [3.8, 4) is 0 Å². The van der Waals surface area contributed by atoms with Crippen molar-refractivity contribution in [2.75, 3.05) is 11.9 Å². The summed E-state index contributed by atoms with van der Waals surface area (Å²) < 4.78 is 13.0. The number of carbonyl (C=O) groups is 2. The molecule has 0 heterocycles. The topological polar surface area (TPSA) is 58.2 Å². The van der Waals surface area contributed by atoms with E-state index in [-0.39, 0.29) is 23.9 Å². The quantitative estimate of drug-likeness (QED) is 0.890. The summed E-state index contributed by atoms with van der Waals surface area (Å²) in [4.78, 5) is 23.4. The maximum atomic E-state index is 13.0. The number of amides is 2. The minimum atomic E-state index is -0.559. The van der Waals surface area contributed by atoms with Gasteiger partial charge < -0.3 is 10.6 Å². The lowest BCUT2D eigenvalue weighted by atomic mass is 10.1. The van der Waals surface area contributed by atoms with Gasteiger partial charge in [-0.05, 0) is 23.8 Å². The summed E-state index contributed by atoms with van der Waals surface area (Å²) in [5.41, 5.74) is 1.24. The minimum Gasteiger partial charge on any atom is -0.347 e. The third kappa shape index (κ3) is 4.86. The first-order valence-corrected chi connectivity index (χ1v) is 6.98. The van der Waals surface area contributed by atoms with E-state index in [1.807, 2.05) is 30.3 Å². The van der Waals surface area contributed by atoms with Gasteiger partial charge in [-0.25, -0.2) is 4.39 Å². The maximum Gasteiger partial charge on any atom is 0.243 e. The van der Waals surface area contributed by atoms with Crippen molar-refractivity contribution >= 4 is 29.1 Å². The van der Waals surface area contributed by atoms with Crippen LogP contribution in [0.15, 0.2) is 48.5 Å². The van der Waals surface area contributed by atoms with Crippen LogP contribution in [0.5, 0.6) is 0 Å². The number of carbonyl (C=O) groups excluding carboxylic acids is 2. The van der Waals surface area contributed by atoms with Gasteiger partial charge in [-0.15, -0.1) is 0 Å². The lowest BCUT2D eigenvalue weighted by molar-refractivity contribution is -0.123. The maximum absolute atomic E-state index is 13.0. The number of benzene rings is 2. The second-order valence-electron chi connectivity index (χ2n) is 4.62. The molecule has 2 N–H and O–H groups in total. The summed E-state index contributed by atoms with van der Waals surface area (Å²) in [6, 6.07) is 13.1. The van der Waals surface area contributed by atoms with Gasteiger partial charge in [0.25, 0.3) is 0 Å². The Morgan fingerprint density at radius 1 is 1.05 bits per heavy atom. The Morgan fingerprint density at radius 2 is 1.77 bits per heavy atom. The second kappa shape index (κ2) is 7.56. The first-order valence-electron chi connectivity index (χ1n) is 6.60. The van der Waals surface area contributed by atoms with E-state index in [2.05, 4.69) is 10.6 Å². The van der Waals surface area contributed by atoms with Crippen LogP contribution in [-0.4, -0.2) is 18.4 Å². The molecule has 0 unspecified atom stereocenters. The average molecular weight is 321 g/mol. The molecule has 114 valence electrons. The summed E-state index contributed by atoms with van der Waals surface area (Å²) >= 11 is 5.62. The molecule has 2 aromatic rings. The molecule has 2 rings (SSSR count). The molecular weight excluding hydrogens is 307 g/mol. The van der Waals surface area contributed by atoms with E-state index in [0.717, 1.165) is 11.6 Å². The smallest absolute Gasteiger partial charge is 0.243 e. The van der Waals surface area contributed by atoms with Gasteiger partial charge >= 0.3 is 0 Å². The van der Waals surface area contributed by atoms with E-state index in [1.165, 1.54) is 12.1 Å². The zero-order chi connectivity index (χ0) is 15.9. The fraction of sp³-hybridized carbons (Fsp3) is 0.125. The number of halogens is 2. The fourth-order valence-corrected chi connectivity index (χ4v) is 1.98. The standard InChI is InChI=1S/C16H14ClFN2O2/c17-13-9-12(6-7-14(13)18)20-16(22)10-19-15(21)8-11-4-2-1-3-5-11/h1-7,9H,8,10H2,(H,19,21)(H,20,22). The van der Waals surface area contributed by atoms with Gasteiger partial charge in [0.05, 0.1) is 18.0 Å². The monoisotopic (exact) mass is 320 g/mol. The van der Waals surface area contributed by atoms with Crippen LogP contribution in [-0.2, 0) is 16.0 Å². The van der Waals surface area contributed by atoms with Gasteiger partial charge in [-0.2, -0.15) is 0 Å². The highest BCUT2D eigenvalue weighted by Gasteiger charge is 2.08. The Balaban J connectivity index is 1.80. The van der Waals surface area contributed by atoms with E-state index >= 15 is 0 Å². The zero-order valence-electron chi connectivity index (χ0n) is 11.6. The van der Waals surface area contributed by atoms with E-state index in [4.69, 9.17) is 11.6 Å². The molecule has 0 bridgehead atoms. The van der Waals surface area contributed by atoms with Crippen LogP contribution < -0.4 is 10.6 Å². The van der Waals surface area contributed by atoms with Gasteiger partial charge in [0.1, 0.15) is 5.82 Å². The molecule has 0 aromatic heterocycles. The summed E-state index contributed by atoms with van der Waals surface area (Å²) in [6.45, 7) is -0.166. The van der Waals surface area contributed by atoms with Gasteiger partial charge in [0, 0.05) is 5.69 Å². The Hall–Kier alpha value is -2.40. The summed E-state index contributed by atoms with van der Waals surface area (Å²) in [5, 5.41) is 4.97. The van der Waals surface area contributed by atoms with E-state index < -0.39 is 11.7 Å². The van der Waals surface area contributed by atoms with Crippen molar-refractivity contribution in [1.29, 1.82) is 0 Å². The van der Waals surface area contributed by atoms with Crippen molar-refractivity contribution in [3.63, 3.8) is 0 Å². The molecule has 0 radical (unpaired) electrons. The minimum absolute atomic E-state index is 0.0779. The molecule has 0 saturated carbocycles. The van der Waals surface area contributed by atoms with Crippen LogP contribution in [0.3, 0.4) is 0 Å². The highest BCUT2D eigenvalue weighted by Crippen LogP contribution is 2.19. The highest BCUT2D eigenvalue weighted by molar-refractivity contribution is 6.31. The SMILES string of the molecule is O=C(Cc1ccccc1)NCC(=O)Nc1ccc(F)c(Cl)c1. The lowest BCUT2D eigenvalue weighted by Crippen LogP contribution is -2.33. The van der Waals surface area contributed by atoms with Crippen molar-refractivity contribution in [1.82, 2.24) is 5.32 Å². The lowest BCUT2D eigenvalue weighted by Gasteiger charge is -2.07. The zero-order valence-corrected chi connectivity index (χ0v) is 12.4. The second-order valence-corrected chi connectivity index (χ2v) is 5.02. The molecular formula is C16H14ClFN2O2. The highest BCUT2D eigenvalue weighted by atomic mass is 35.5. The largest absolute Gasteiger partial charge is 0.347 e. The first-order chi connectivity index (χ1) is 10.5. The van der Waals surface area contributed by atoms with Gasteiger partial charge in [-0.3, -0.25) is 9.59 Å². The predicted octanol–water partition coefficient (Wildman–Crippen LogP) is 2.78. The first kappa shape index (κ1) is 16.0. The van der Waals surface area contributed by atoms with Gasteiger partial charge in [-0.1, -0.05) is 41.9 Å². The van der Waals surface area contributed by atoms with Crippen molar-refractivity contribution in [2.45, 2.75) is 6.42 Å². The molecule has 0 fully saturated rings. The normalized spacial score (nSPS) is 10.1. The summed E-state index contributed by atoms with van der Waals surface area (Å²) in [5.74, 6) is -1.22. The van der Waals surface area contributed by atoms with Crippen LogP contribution in [0.4, 0.5) is 10.1 Å². The Morgan fingerprint density at radius 3 is 2.45 bits per heavy atom. The third-order valence-corrected chi connectivity index (χ3v) is 3.15. The van der Waals surface area contributed by atoms with Crippen molar-refractivity contribution < 1.29 is 14.0 Å². The van der Waals surface area contributed by atoms with Gasteiger partial charge in [0.2, 0.25) is 11.8 Å². The molecule has 0 aliphatic carbocycles. The molecule has 0 aliphatic heterocycles. The molecule has 0 aliphatic rings. The number of hydrogen-bond acceptors (Lipinski definition) is 2. The van der Waals surface area contributed by atoms with E-state index in [1.54, 1.807) is 0 Å². The number of hydrogen-bond donors (Lipinski definition) is 2. The molecule has 0 saturated heterocycles. The molecule has 0 spiro atoms. The Bertz CT molecular complexity index is 677. The Labute approximate surface area is 132 Å². The summed E-state index contributed by atoms with van der Waals surface area (Å²) in [6.07, 6.45) is 0.205. The molecule has 2 aromatic carbocycles. The molecule has 6 heteroatoms. The van der Waals surface area contributed by atoms with Crippen LogP contribution in [0, 0.1) is 5.82 Å². The van der Waals surface area contributed by atoms with Crippen LogP contribution in [0.25, 0.3) is 0 Å². The number of anilines is 1. The van der Waals surface area contributed by atoms with Crippen LogP contribution in [0.2, 0.25) is 5.02 Å². The number of rotatable bonds is 5. The average Bonchev–Trinajstić information content (AvgIpc) is 2.50. The number of nitrogens with one attached hydrogen (secondary N) is 2. The van der Waals surface area contributed by atoms with Crippen molar-refractivity contribution in [3.05, 3.63) is 64.9 Å². The third-order valence-electron chi connectivity index (χ3n) is 2.86. The molecule has 4 nitrogen and oxygen atoms in total. The van der Waals surface area contributed by atoms with Gasteiger partial charge in [0.15, 0.2) is 0 Å². The van der Waals surface area contributed by atoms with E-state index in [0.29, 0.717) is 5.69 Å². The molecule has 22 heavy (non-hydrogen) atoms. The Kier molecular flexibility index (Phi) is 5.49. The van der Waals surface area contributed by atoms with Crippen LogP contribution in [0.1, 0.15) is 5.56 Å². The molecule has 0 atom stereocenters.